The third-order valence-corrected chi connectivity index (χ3v) is 12.5. The van der Waals surface area contributed by atoms with E-state index in [-0.39, 0.29) is 0 Å². The first-order valence-electron chi connectivity index (χ1n) is 21.2. The topological polar surface area (TPSA) is 85.6 Å². The van der Waals surface area contributed by atoms with Gasteiger partial charge in [-0.2, -0.15) is 15.8 Å². The maximum atomic E-state index is 9.74. The second-order valence-corrected chi connectivity index (χ2v) is 16.2. The van der Waals surface area contributed by atoms with E-state index >= 15 is 0 Å². The van der Waals surface area contributed by atoms with E-state index in [0.29, 0.717) is 22.4 Å². The van der Waals surface area contributed by atoms with Crippen LogP contribution in [0, 0.1) is 47.5 Å². The minimum atomic E-state index is 0.522. The zero-order valence-electron chi connectivity index (χ0n) is 35.1. The van der Waals surface area contributed by atoms with Crippen LogP contribution in [-0.2, 0) is 0 Å². The SMILES string of the molecule is [C-]#[N+]c1ccc(-n2c3ccccc3c3cc(-c4cccc(C#N)c4)ccc32)c(-c2ccc(-c3ccc(C#N)cc3C)cc2-n2c3ccccc3c3cc(-c4cccc(C#N)c4)ccc32)c1. The van der Waals surface area contributed by atoms with Crippen LogP contribution in [0.5, 0.6) is 0 Å². The van der Waals surface area contributed by atoms with E-state index in [2.05, 4.69) is 141 Å². The number of aromatic nitrogens is 2. The number of nitrogens with zero attached hydrogens (tertiary/aromatic N) is 6. The molecule has 0 aliphatic carbocycles. The first kappa shape index (κ1) is 38.5. The lowest BCUT2D eigenvalue weighted by Crippen LogP contribution is -2.02. The fourth-order valence-electron chi connectivity index (χ4n) is 9.53. The molecule has 0 bridgehead atoms. The van der Waals surface area contributed by atoms with Gasteiger partial charge in [0, 0.05) is 27.1 Å². The van der Waals surface area contributed by atoms with Gasteiger partial charge in [0.25, 0.3) is 0 Å². The van der Waals surface area contributed by atoms with E-state index in [1.165, 1.54) is 0 Å². The van der Waals surface area contributed by atoms with Crippen molar-refractivity contribution in [1.82, 2.24) is 9.13 Å². The molecule has 6 nitrogen and oxygen atoms in total. The Hall–Kier alpha value is -9.46. The van der Waals surface area contributed by atoms with Crippen LogP contribution in [0.2, 0.25) is 0 Å². The van der Waals surface area contributed by atoms with Crippen molar-refractivity contribution in [2.24, 2.45) is 0 Å². The molecule has 9 aromatic carbocycles. The van der Waals surface area contributed by atoms with Crippen molar-refractivity contribution in [1.29, 1.82) is 15.8 Å². The molecule has 65 heavy (non-hydrogen) atoms. The van der Waals surface area contributed by atoms with E-state index in [9.17, 15) is 15.8 Å². The van der Waals surface area contributed by atoms with Crippen molar-refractivity contribution in [3.63, 3.8) is 0 Å². The molecule has 0 fully saturated rings. The predicted octanol–water partition coefficient (Wildman–Crippen LogP) is 15.0. The Morgan fingerprint density at radius 2 is 0.892 bits per heavy atom. The average molecular weight is 827 g/mol. The fourth-order valence-corrected chi connectivity index (χ4v) is 9.53. The number of benzene rings is 9. The summed E-state index contributed by atoms with van der Waals surface area (Å²) in [5.74, 6) is 0. The van der Waals surface area contributed by atoms with Crippen LogP contribution >= 0.6 is 0 Å². The summed E-state index contributed by atoms with van der Waals surface area (Å²) >= 11 is 0. The quantitative estimate of drug-likeness (QED) is 0.156. The van der Waals surface area contributed by atoms with Gasteiger partial charge in [-0.3, -0.25) is 0 Å². The molecule has 0 radical (unpaired) electrons. The molecular weight excluding hydrogens is 793 g/mol. The summed E-state index contributed by atoms with van der Waals surface area (Å²) in [6, 6.07) is 70.4. The van der Waals surface area contributed by atoms with Crippen molar-refractivity contribution in [2.45, 2.75) is 6.92 Å². The molecule has 0 atom stereocenters. The molecule has 6 heteroatoms. The van der Waals surface area contributed by atoms with Gasteiger partial charge in [0.2, 0.25) is 0 Å². The van der Waals surface area contributed by atoms with Gasteiger partial charge in [-0.25, -0.2) is 4.85 Å². The van der Waals surface area contributed by atoms with Gasteiger partial charge in [-0.15, -0.1) is 0 Å². The molecule has 11 rings (SSSR count). The number of rotatable bonds is 6. The molecule has 0 N–H and O–H groups in total. The van der Waals surface area contributed by atoms with E-state index < -0.39 is 0 Å². The summed E-state index contributed by atoms with van der Waals surface area (Å²) < 4.78 is 4.64. The first-order valence-corrected chi connectivity index (χ1v) is 21.2. The number of hydrogen-bond acceptors (Lipinski definition) is 3. The largest absolute Gasteiger partial charge is 0.309 e. The van der Waals surface area contributed by atoms with Crippen LogP contribution in [0.1, 0.15) is 22.3 Å². The average Bonchev–Trinajstić information content (AvgIpc) is 3.88. The van der Waals surface area contributed by atoms with E-state index in [1.54, 1.807) is 0 Å². The smallest absolute Gasteiger partial charge is 0.188 e. The maximum Gasteiger partial charge on any atom is 0.188 e. The highest BCUT2D eigenvalue weighted by Gasteiger charge is 2.22. The van der Waals surface area contributed by atoms with E-state index in [0.717, 1.165) is 105 Å². The number of aryl methyl sites for hydroxylation is 1. The minimum absolute atomic E-state index is 0.522. The molecule has 0 aliphatic rings. The molecule has 0 saturated heterocycles. The molecular formula is C59H34N6. The normalized spacial score (nSPS) is 11.1. The second-order valence-electron chi connectivity index (χ2n) is 16.2. The molecule has 300 valence electrons. The highest BCUT2D eigenvalue weighted by Crippen LogP contribution is 2.44. The monoisotopic (exact) mass is 826 g/mol. The molecule has 0 spiro atoms. The number of fused-ring (bicyclic) bond motifs is 6. The Kier molecular flexibility index (Phi) is 9.15. The van der Waals surface area contributed by atoms with Gasteiger partial charge in [0.1, 0.15) is 0 Å². The van der Waals surface area contributed by atoms with Crippen LogP contribution < -0.4 is 0 Å². The van der Waals surface area contributed by atoms with E-state index in [4.69, 9.17) is 6.57 Å². The van der Waals surface area contributed by atoms with Crippen LogP contribution in [-0.4, -0.2) is 9.13 Å². The Balaban J connectivity index is 1.20. The van der Waals surface area contributed by atoms with Crippen LogP contribution in [0.4, 0.5) is 5.69 Å². The standard InChI is InChI=1S/C59H34N6/c1-37-27-40(36-62)17-22-47(37)45-18-23-50(59(32-45)65-55-16-6-4-14-49(55)52-31-44(20-25-57(52)65)42-12-8-10-39(29-42)35-61)53-33-46(63-2)21-26-58(53)64-54-15-5-3-13-48(54)51-30-43(19-24-56(51)64)41-11-7-9-38(28-41)34-60/h3-33H,1H3. The second kappa shape index (κ2) is 15.5. The summed E-state index contributed by atoms with van der Waals surface area (Å²) in [5.41, 5.74) is 17.1. The summed E-state index contributed by atoms with van der Waals surface area (Å²) in [6.45, 7) is 10.3. The van der Waals surface area contributed by atoms with E-state index in [1.807, 2.05) is 85.8 Å². The highest BCUT2D eigenvalue weighted by atomic mass is 15.0. The van der Waals surface area contributed by atoms with Gasteiger partial charge in [-0.1, -0.05) is 97.1 Å². The predicted molar refractivity (Wildman–Crippen MR) is 262 cm³/mol. The number of nitriles is 3. The molecule has 0 aliphatic heterocycles. The van der Waals surface area contributed by atoms with Gasteiger partial charge >= 0.3 is 0 Å². The first-order chi connectivity index (χ1) is 31.9. The number of para-hydroxylation sites is 2. The van der Waals surface area contributed by atoms with Crippen molar-refractivity contribution in [2.75, 3.05) is 0 Å². The molecule has 2 heterocycles. The molecule has 0 unspecified atom stereocenters. The lowest BCUT2D eigenvalue weighted by atomic mass is 9.93. The summed E-state index contributed by atoms with van der Waals surface area (Å²) in [7, 11) is 0. The lowest BCUT2D eigenvalue weighted by Gasteiger charge is -2.20. The maximum absolute atomic E-state index is 9.74. The van der Waals surface area contributed by atoms with Crippen molar-refractivity contribution in [3.05, 3.63) is 222 Å². The molecule has 11 aromatic rings. The summed E-state index contributed by atoms with van der Waals surface area (Å²) in [4.78, 5) is 3.96. The van der Waals surface area contributed by atoms with Crippen molar-refractivity contribution < 1.29 is 0 Å². The fraction of sp³-hybridized carbons (Fsp3) is 0.0169. The Morgan fingerprint density at radius 3 is 1.46 bits per heavy atom. The van der Waals surface area contributed by atoms with Crippen molar-refractivity contribution in [3.8, 4) is 74.1 Å². The van der Waals surface area contributed by atoms with Crippen LogP contribution in [0.3, 0.4) is 0 Å². The van der Waals surface area contributed by atoms with Gasteiger partial charge < -0.3 is 9.13 Å². The summed E-state index contributed by atoms with van der Waals surface area (Å²) in [6.07, 6.45) is 0. The molecule has 0 amide bonds. The lowest BCUT2D eigenvalue weighted by molar-refractivity contribution is 1.16. The van der Waals surface area contributed by atoms with Gasteiger partial charge in [-0.05, 0) is 142 Å². The molecule has 0 saturated carbocycles. The highest BCUT2D eigenvalue weighted by molar-refractivity contribution is 6.13. The third kappa shape index (κ3) is 6.39. The minimum Gasteiger partial charge on any atom is -0.309 e. The Labute approximate surface area is 375 Å². The number of hydrogen-bond donors (Lipinski definition) is 0. The van der Waals surface area contributed by atoms with Crippen LogP contribution in [0.15, 0.2) is 188 Å². The Bertz CT molecular complexity index is 3970. The zero-order chi connectivity index (χ0) is 44.2. The zero-order valence-corrected chi connectivity index (χ0v) is 35.1. The van der Waals surface area contributed by atoms with Gasteiger partial charge in [0.15, 0.2) is 5.69 Å². The van der Waals surface area contributed by atoms with Gasteiger partial charge in [0.05, 0.1) is 74.9 Å². The third-order valence-electron chi connectivity index (χ3n) is 12.5. The summed E-state index contributed by atoms with van der Waals surface area (Å²) in [5, 5.41) is 33.4. The molecule has 2 aromatic heterocycles. The van der Waals surface area contributed by atoms with Crippen molar-refractivity contribution >= 4 is 49.3 Å². The van der Waals surface area contributed by atoms with Crippen LogP contribution in [0.25, 0.3) is 104 Å². The Morgan fingerprint density at radius 1 is 0.385 bits per heavy atom.